The van der Waals surface area contributed by atoms with Crippen LogP contribution in [0.4, 0.5) is 0 Å². The number of carbonyl (C=O) groups is 2. The largest absolute Gasteiger partial charge is 0.427 e. The van der Waals surface area contributed by atoms with Crippen molar-refractivity contribution in [2.75, 3.05) is 13.7 Å². The van der Waals surface area contributed by atoms with Crippen molar-refractivity contribution in [2.24, 2.45) is 0 Å². The minimum atomic E-state index is -0.512. The molecular formula is C11H12O5. The minimum Gasteiger partial charge on any atom is -0.427 e. The van der Waals surface area contributed by atoms with E-state index in [1.165, 1.54) is 20.1 Å². The standard InChI is InChI=1S/C11H12O5/c1-8(12)15-9-4-3-5-10(6-9)16-11(13)7-14-2/h3-6H,7H2,1-2H3. The summed E-state index contributed by atoms with van der Waals surface area (Å²) in [5.74, 6) is -0.307. The molecule has 86 valence electrons. The first kappa shape index (κ1) is 12.2. The van der Waals surface area contributed by atoms with Crippen molar-refractivity contribution in [3.05, 3.63) is 24.3 Å². The van der Waals surface area contributed by atoms with E-state index in [0.717, 1.165) is 0 Å². The minimum absolute atomic E-state index is 0.127. The molecule has 0 N–H and O–H groups in total. The van der Waals surface area contributed by atoms with Gasteiger partial charge in [0.15, 0.2) is 0 Å². The number of rotatable bonds is 4. The van der Waals surface area contributed by atoms with Crippen molar-refractivity contribution in [1.82, 2.24) is 0 Å². The first-order valence-corrected chi connectivity index (χ1v) is 4.60. The van der Waals surface area contributed by atoms with Crippen molar-refractivity contribution in [2.45, 2.75) is 6.92 Å². The maximum absolute atomic E-state index is 11.1. The van der Waals surface area contributed by atoms with Crippen LogP contribution in [-0.4, -0.2) is 25.7 Å². The molecule has 1 rings (SSSR count). The number of hydrogen-bond donors (Lipinski definition) is 0. The fourth-order valence-corrected chi connectivity index (χ4v) is 1.05. The fraction of sp³-hybridized carbons (Fsp3) is 0.273. The van der Waals surface area contributed by atoms with Gasteiger partial charge in [-0.25, -0.2) is 4.79 Å². The third-order valence-corrected chi connectivity index (χ3v) is 1.56. The number of ether oxygens (including phenoxy) is 3. The second-order valence-corrected chi connectivity index (χ2v) is 2.98. The quantitative estimate of drug-likeness (QED) is 0.567. The highest BCUT2D eigenvalue weighted by molar-refractivity contribution is 5.74. The van der Waals surface area contributed by atoms with Crippen LogP contribution in [0.2, 0.25) is 0 Å². The van der Waals surface area contributed by atoms with Crippen LogP contribution in [-0.2, 0) is 14.3 Å². The lowest BCUT2D eigenvalue weighted by atomic mass is 10.3. The topological polar surface area (TPSA) is 61.8 Å². The van der Waals surface area contributed by atoms with E-state index in [2.05, 4.69) is 4.74 Å². The highest BCUT2D eigenvalue weighted by Gasteiger charge is 2.05. The fourth-order valence-electron chi connectivity index (χ4n) is 1.05. The molecule has 16 heavy (non-hydrogen) atoms. The zero-order valence-electron chi connectivity index (χ0n) is 9.06. The van der Waals surface area contributed by atoms with Gasteiger partial charge in [0.1, 0.15) is 18.1 Å². The monoisotopic (exact) mass is 224 g/mol. The summed E-state index contributed by atoms with van der Waals surface area (Å²) in [6.45, 7) is 1.17. The van der Waals surface area contributed by atoms with E-state index in [1.54, 1.807) is 18.2 Å². The van der Waals surface area contributed by atoms with Gasteiger partial charge in [-0.2, -0.15) is 0 Å². The Labute approximate surface area is 92.9 Å². The smallest absolute Gasteiger partial charge is 0.337 e. The van der Waals surface area contributed by atoms with Crippen molar-refractivity contribution >= 4 is 11.9 Å². The summed E-state index contributed by atoms with van der Waals surface area (Å²) in [5, 5.41) is 0. The second kappa shape index (κ2) is 5.87. The Morgan fingerprint density at radius 1 is 1.19 bits per heavy atom. The molecule has 0 amide bonds. The molecule has 0 saturated carbocycles. The third-order valence-electron chi connectivity index (χ3n) is 1.56. The van der Waals surface area contributed by atoms with Crippen LogP contribution < -0.4 is 9.47 Å². The molecule has 0 radical (unpaired) electrons. The maximum Gasteiger partial charge on any atom is 0.337 e. The zero-order valence-corrected chi connectivity index (χ0v) is 9.06. The maximum atomic E-state index is 11.1. The molecule has 0 unspecified atom stereocenters. The van der Waals surface area contributed by atoms with E-state index in [9.17, 15) is 9.59 Å². The third kappa shape index (κ3) is 4.10. The van der Waals surface area contributed by atoms with Crippen LogP contribution in [0.25, 0.3) is 0 Å². The summed E-state index contributed by atoms with van der Waals surface area (Å²) >= 11 is 0. The summed E-state index contributed by atoms with van der Waals surface area (Å²) in [7, 11) is 1.40. The van der Waals surface area contributed by atoms with Crippen molar-refractivity contribution in [3.63, 3.8) is 0 Å². The normalized spacial score (nSPS) is 9.62. The summed E-state index contributed by atoms with van der Waals surface area (Å²) in [6.07, 6.45) is 0. The van der Waals surface area contributed by atoms with E-state index < -0.39 is 11.9 Å². The molecule has 5 nitrogen and oxygen atoms in total. The van der Waals surface area contributed by atoms with E-state index in [0.29, 0.717) is 11.5 Å². The summed E-state index contributed by atoms with van der Waals surface area (Å²) in [6, 6.07) is 6.25. The summed E-state index contributed by atoms with van der Waals surface area (Å²) in [4.78, 5) is 21.8. The highest BCUT2D eigenvalue weighted by atomic mass is 16.6. The van der Waals surface area contributed by atoms with Gasteiger partial charge in [0.05, 0.1) is 0 Å². The average Bonchev–Trinajstić information content (AvgIpc) is 2.17. The predicted octanol–water partition coefficient (Wildman–Crippen LogP) is 1.16. The summed E-state index contributed by atoms with van der Waals surface area (Å²) in [5.41, 5.74) is 0. The van der Waals surface area contributed by atoms with E-state index in [-0.39, 0.29) is 6.61 Å². The second-order valence-electron chi connectivity index (χ2n) is 2.98. The summed E-state index contributed by atoms with van der Waals surface area (Å²) < 4.78 is 14.4. The Kier molecular flexibility index (Phi) is 4.47. The van der Waals surface area contributed by atoms with Crippen LogP contribution in [0, 0.1) is 0 Å². The molecular weight excluding hydrogens is 212 g/mol. The molecule has 0 aliphatic heterocycles. The highest BCUT2D eigenvalue weighted by Crippen LogP contribution is 2.19. The van der Waals surface area contributed by atoms with Gasteiger partial charge >= 0.3 is 11.9 Å². The first-order chi connectivity index (χ1) is 7.61. The molecule has 5 heteroatoms. The Balaban J connectivity index is 2.67. The molecule has 0 saturated heterocycles. The average molecular weight is 224 g/mol. The van der Waals surface area contributed by atoms with Gasteiger partial charge < -0.3 is 14.2 Å². The molecule has 0 aliphatic carbocycles. The molecule has 1 aromatic carbocycles. The van der Waals surface area contributed by atoms with E-state index >= 15 is 0 Å². The molecule has 0 atom stereocenters. The van der Waals surface area contributed by atoms with Crippen LogP contribution in [0.1, 0.15) is 6.92 Å². The first-order valence-electron chi connectivity index (χ1n) is 4.60. The van der Waals surface area contributed by atoms with Gasteiger partial charge in [0, 0.05) is 20.1 Å². The van der Waals surface area contributed by atoms with Crippen LogP contribution in [0.5, 0.6) is 11.5 Å². The van der Waals surface area contributed by atoms with Gasteiger partial charge in [0.25, 0.3) is 0 Å². The Bertz CT molecular complexity index is 386. The van der Waals surface area contributed by atoms with Crippen molar-refractivity contribution < 1.29 is 23.8 Å². The number of benzene rings is 1. The van der Waals surface area contributed by atoms with Gasteiger partial charge in [0.2, 0.25) is 0 Å². The molecule has 1 aromatic rings. The Hall–Kier alpha value is -1.88. The van der Waals surface area contributed by atoms with E-state index in [4.69, 9.17) is 9.47 Å². The molecule has 0 aliphatic rings. The lowest BCUT2D eigenvalue weighted by Crippen LogP contribution is -2.14. The van der Waals surface area contributed by atoms with Gasteiger partial charge in [-0.3, -0.25) is 4.79 Å². The van der Waals surface area contributed by atoms with Gasteiger partial charge in [-0.1, -0.05) is 6.07 Å². The number of carbonyl (C=O) groups excluding carboxylic acids is 2. The molecule has 0 heterocycles. The van der Waals surface area contributed by atoms with Gasteiger partial charge in [-0.05, 0) is 12.1 Å². The molecule has 0 aromatic heterocycles. The molecule has 0 spiro atoms. The molecule has 0 bridgehead atoms. The number of hydrogen-bond acceptors (Lipinski definition) is 5. The predicted molar refractivity (Wildman–Crippen MR) is 55.3 cm³/mol. The Morgan fingerprint density at radius 2 is 1.81 bits per heavy atom. The van der Waals surface area contributed by atoms with Crippen LogP contribution in [0.3, 0.4) is 0 Å². The van der Waals surface area contributed by atoms with Gasteiger partial charge in [-0.15, -0.1) is 0 Å². The Morgan fingerprint density at radius 3 is 2.38 bits per heavy atom. The van der Waals surface area contributed by atoms with Crippen LogP contribution in [0.15, 0.2) is 24.3 Å². The van der Waals surface area contributed by atoms with Crippen molar-refractivity contribution in [3.8, 4) is 11.5 Å². The molecule has 0 fully saturated rings. The van der Waals surface area contributed by atoms with Crippen LogP contribution >= 0.6 is 0 Å². The number of methoxy groups -OCH3 is 1. The van der Waals surface area contributed by atoms with Crippen molar-refractivity contribution in [1.29, 1.82) is 0 Å². The lowest BCUT2D eigenvalue weighted by Gasteiger charge is -2.05. The lowest BCUT2D eigenvalue weighted by molar-refractivity contribution is -0.138. The van der Waals surface area contributed by atoms with E-state index in [1.807, 2.05) is 0 Å². The number of esters is 2. The SMILES string of the molecule is COCC(=O)Oc1cccc(OC(C)=O)c1. The zero-order chi connectivity index (χ0) is 12.0.